The van der Waals surface area contributed by atoms with Crippen molar-refractivity contribution in [1.29, 1.82) is 0 Å². The molecule has 0 fully saturated rings. The highest BCUT2D eigenvalue weighted by molar-refractivity contribution is 5.23. The van der Waals surface area contributed by atoms with Crippen molar-refractivity contribution in [3.05, 3.63) is 35.4 Å². The molecule has 0 aliphatic rings. The third-order valence-electron chi connectivity index (χ3n) is 2.25. The number of aliphatic hydroxyl groups excluding tert-OH is 1. The third-order valence-corrected chi connectivity index (χ3v) is 2.25. The van der Waals surface area contributed by atoms with E-state index in [-0.39, 0.29) is 12.6 Å². The van der Waals surface area contributed by atoms with E-state index < -0.39 is 0 Å². The van der Waals surface area contributed by atoms with E-state index in [2.05, 4.69) is 36.5 Å². The van der Waals surface area contributed by atoms with Gasteiger partial charge >= 0.3 is 0 Å². The van der Waals surface area contributed by atoms with E-state index >= 15 is 0 Å². The first-order valence-electron chi connectivity index (χ1n) is 4.62. The maximum Gasteiger partial charge on any atom is 0.0449 e. The highest BCUT2D eigenvalue weighted by atomic mass is 16.3. The number of aliphatic hydroxyl groups is 1. The number of hydrogen-bond donors (Lipinski definition) is 2. The van der Waals surface area contributed by atoms with Gasteiger partial charge in [0.2, 0.25) is 0 Å². The normalized spacial score (nSPS) is 12.8. The van der Waals surface area contributed by atoms with Gasteiger partial charge in [0.25, 0.3) is 0 Å². The van der Waals surface area contributed by atoms with Crippen LogP contribution in [0.4, 0.5) is 0 Å². The average Bonchev–Trinajstić information content (AvgIpc) is 2.16. The Labute approximate surface area is 79.6 Å². The van der Waals surface area contributed by atoms with Crippen molar-refractivity contribution in [2.45, 2.75) is 19.4 Å². The molecule has 0 radical (unpaired) electrons. The topological polar surface area (TPSA) is 32.3 Å². The lowest BCUT2D eigenvalue weighted by Gasteiger charge is -2.15. The van der Waals surface area contributed by atoms with Crippen LogP contribution >= 0.6 is 0 Å². The van der Waals surface area contributed by atoms with Gasteiger partial charge in [0.1, 0.15) is 0 Å². The van der Waals surface area contributed by atoms with Crippen LogP contribution in [0.2, 0.25) is 0 Å². The Morgan fingerprint density at radius 2 is 1.92 bits per heavy atom. The highest BCUT2D eigenvalue weighted by Crippen LogP contribution is 2.16. The van der Waals surface area contributed by atoms with Gasteiger partial charge in [0.05, 0.1) is 0 Å². The van der Waals surface area contributed by atoms with Crippen molar-refractivity contribution in [1.82, 2.24) is 5.32 Å². The van der Waals surface area contributed by atoms with E-state index in [4.69, 9.17) is 5.11 Å². The second kappa shape index (κ2) is 5.00. The zero-order chi connectivity index (χ0) is 9.68. The molecule has 72 valence electrons. The summed E-state index contributed by atoms with van der Waals surface area (Å²) < 4.78 is 0. The molecule has 1 aromatic rings. The molecule has 13 heavy (non-hydrogen) atoms. The van der Waals surface area contributed by atoms with Gasteiger partial charge in [0.15, 0.2) is 0 Å². The zero-order valence-electron chi connectivity index (χ0n) is 8.25. The van der Waals surface area contributed by atoms with E-state index in [0.29, 0.717) is 0 Å². The molecule has 0 bridgehead atoms. The van der Waals surface area contributed by atoms with Crippen LogP contribution < -0.4 is 5.32 Å². The predicted octanol–water partition coefficient (Wildman–Crippen LogP) is 1.64. The summed E-state index contributed by atoms with van der Waals surface area (Å²) in [6.45, 7) is 2.30. The minimum Gasteiger partial charge on any atom is -0.396 e. The largest absolute Gasteiger partial charge is 0.396 e. The van der Waals surface area contributed by atoms with E-state index in [0.717, 1.165) is 6.42 Å². The molecule has 0 saturated heterocycles. The highest BCUT2D eigenvalue weighted by Gasteiger charge is 2.06. The van der Waals surface area contributed by atoms with Crippen LogP contribution in [0.25, 0.3) is 0 Å². The summed E-state index contributed by atoms with van der Waals surface area (Å²) in [5.41, 5.74) is 2.50. The van der Waals surface area contributed by atoms with Gasteiger partial charge in [-0.2, -0.15) is 0 Å². The molecule has 0 saturated carbocycles. The summed E-state index contributed by atoms with van der Waals surface area (Å²) in [6.07, 6.45) is 0.763. The van der Waals surface area contributed by atoms with E-state index in [9.17, 15) is 0 Å². The molecule has 0 aliphatic heterocycles. The molecule has 0 unspecified atom stereocenters. The van der Waals surface area contributed by atoms with Gasteiger partial charge in [-0.15, -0.1) is 0 Å². The van der Waals surface area contributed by atoms with Gasteiger partial charge in [-0.1, -0.05) is 29.8 Å². The van der Waals surface area contributed by atoms with Crippen LogP contribution in [0.1, 0.15) is 23.6 Å². The smallest absolute Gasteiger partial charge is 0.0449 e. The molecule has 0 aromatic heterocycles. The first-order chi connectivity index (χ1) is 6.27. The van der Waals surface area contributed by atoms with Crippen molar-refractivity contribution >= 4 is 0 Å². The molecule has 1 rings (SSSR count). The van der Waals surface area contributed by atoms with Crippen LogP contribution in [0.5, 0.6) is 0 Å². The Morgan fingerprint density at radius 3 is 2.38 bits per heavy atom. The van der Waals surface area contributed by atoms with Gasteiger partial charge in [0, 0.05) is 12.6 Å². The summed E-state index contributed by atoms with van der Waals surface area (Å²) >= 11 is 0. The molecule has 2 nitrogen and oxygen atoms in total. The molecular weight excluding hydrogens is 162 g/mol. The number of benzene rings is 1. The van der Waals surface area contributed by atoms with E-state index in [1.54, 1.807) is 0 Å². The Hall–Kier alpha value is -0.860. The monoisotopic (exact) mass is 179 g/mol. The van der Waals surface area contributed by atoms with Crippen LogP contribution in [0.15, 0.2) is 24.3 Å². The molecule has 2 N–H and O–H groups in total. The summed E-state index contributed by atoms with van der Waals surface area (Å²) in [5, 5.41) is 12.0. The molecule has 1 aromatic carbocycles. The fraction of sp³-hybridized carbons (Fsp3) is 0.455. The maximum atomic E-state index is 8.84. The predicted molar refractivity (Wildman–Crippen MR) is 54.7 cm³/mol. The first-order valence-corrected chi connectivity index (χ1v) is 4.62. The van der Waals surface area contributed by atoms with Gasteiger partial charge in [-0.05, 0) is 26.0 Å². The quantitative estimate of drug-likeness (QED) is 0.736. The summed E-state index contributed by atoms with van der Waals surface area (Å²) in [4.78, 5) is 0. The van der Waals surface area contributed by atoms with Gasteiger partial charge < -0.3 is 10.4 Å². The molecular formula is C11H17NO. The molecule has 0 heterocycles. The van der Waals surface area contributed by atoms with Crippen molar-refractivity contribution in [2.75, 3.05) is 13.7 Å². The second-order valence-electron chi connectivity index (χ2n) is 3.26. The van der Waals surface area contributed by atoms with Crippen LogP contribution in [0, 0.1) is 6.92 Å². The van der Waals surface area contributed by atoms with Crippen molar-refractivity contribution in [3.8, 4) is 0 Å². The number of rotatable bonds is 4. The second-order valence-corrected chi connectivity index (χ2v) is 3.26. The van der Waals surface area contributed by atoms with Crippen LogP contribution in [-0.2, 0) is 0 Å². The van der Waals surface area contributed by atoms with Crippen molar-refractivity contribution in [2.24, 2.45) is 0 Å². The lowest BCUT2D eigenvalue weighted by atomic mass is 10.0. The van der Waals surface area contributed by atoms with Crippen molar-refractivity contribution < 1.29 is 5.11 Å². The van der Waals surface area contributed by atoms with E-state index in [1.165, 1.54) is 11.1 Å². The third kappa shape index (κ3) is 2.83. The zero-order valence-corrected chi connectivity index (χ0v) is 8.25. The Morgan fingerprint density at radius 1 is 1.31 bits per heavy atom. The SMILES string of the molecule is CN[C@H](CCO)c1ccc(C)cc1. The number of aryl methyl sites for hydroxylation is 1. The fourth-order valence-electron chi connectivity index (χ4n) is 1.41. The minimum absolute atomic E-state index is 0.222. The summed E-state index contributed by atoms with van der Waals surface area (Å²) in [6, 6.07) is 8.66. The summed E-state index contributed by atoms with van der Waals surface area (Å²) in [5.74, 6) is 0. The molecule has 2 heteroatoms. The maximum absolute atomic E-state index is 8.84. The molecule has 0 aliphatic carbocycles. The average molecular weight is 179 g/mol. The van der Waals surface area contributed by atoms with Crippen LogP contribution in [0.3, 0.4) is 0 Å². The molecule has 0 amide bonds. The number of hydrogen-bond acceptors (Lipinski definition) is 2. The van der Waals surface area contributed by atoms with Crippen LogP contribution in [-0.4, -0.2) is 18.8 Å². The van der Waals surface area contributed by atoms with Crippen molar-refractivity contribution in [3.63, 3.8) is 0 Å². The summed E-state index contributed by atoms with van der Waals surface area (Å²) in [7, 11) is 1.92. The Bertz CT molecular complexity index is 243. The number of nitrogens with one attached hydrogen (secondary N) is 1. The Kier molecular flexibility index (Phi) is 3.93. The Balaban J connectivity index is 2.73. The molecule has 1 atom stereocenters. The first kappa shape index (κ1) is 10.2. The van der Waals surface area contributed by atoms with Gasteiger partial charge in [-0.25, -0.2) is 0 Å². The van der Waals surface area contributed by atoms with E-state index in [1.807, 2.05) is 7.05 Å². The lowest BCUT2D eigenvalue weighted by Crippen LogP contribution is -2.17. The fourth-order valence-corrected chi connectivity index (χ4v) is 1.41. The van der Waals surface area contributed by atoms with Gasteiger partial charge in [-0.3, -0.25) is 0 Å². The standard InChI is InChI=1S/C11H17NO/c1-9-3-5-10(6-4-9)11(12-2)7-8-13/h3-6,11-13H,7-8H2,1-2H3/t11-/m1/s1. The minimum atomic E-state index is 0.222. The molecule has 0 spiro atoms. The lowest BCUT2D eigenvalue weighted by molar-refractivity contribution is 0.269.